The molecule has 50 heavy (non-hydrogen) atoms. The normalized spacial score (nSPS) is 13.5. The van der Waals surface area contributed by atoms with E-state index < -0.39 is 6.04 Å². The lowest BCUT2D eigenvalue weighted by Crippen LogP contribution is -2.42. The second-order valence-electron chi connectivity index (χ2n) is 15.4. The van der Waals surface area contributed by atoms with E-state index in [0.29, 0.717) is 13.2 Å². The van der Waals surface area contributed by atoms with Crippen LogP contribution in [0.3, 0.4) is 0 Å². The van der Waals surface area contributed by atoms with Crippen molar-refractivity contribution in [2.75, 3.05) is 26.4 Å². The fourth-order valence-electron chi connectivity index (χ4n) is 6.30. The molecule has 0 saturated carbocycles. The van der Waals surface area contributed by atoms with Gasteiger partial charge in [-0.2, -0.15) is 0 Å². The number of carbonyl (C=O) groups is 1. The highest BCUT2D eigenvalue weighted by atomic mass is 16.6. The molecule has 1 N–H and O–H groups in total. The van der Waals surface area contributed by atoms with E-state index in [0.717, 1.165) is 38.9 Å². The first-order valence-corrected chi connectivity index (χ1v) is 21.5. The molecule has 0 aliphatic carbocycles. The third-order valence-electron chi connectivity index (χ3n) is 9.40. The molecule has 0 aromatic heterocycles. The molecule has 0 fully saturated rings. The molecule has 0 bridgehead atoms. The highest BCUT2D eigenvalue weighted by molar-refractivity contribution is 5.79. The minimum atomic E-state index is -0.654. The van der Waals surface area contributed by atoms with Crippen LogP contribution in [0.15, 0.2) is 0 Å². The van der Waals surface area contributed by atoms with Crippen LogP contribution >= 0.6 is 0 Å². The largest absolute Gasteiger partial charge is 0.461 e. The van der Waals surface area contributed by atoms with Crippen molar-refractivity contribution >= 4 is 5.97 Å². The Morgan fingerprint density at radius 1 is 0.560 bits per heavy atom. The van der Waals surface area contributed by atoms with Gasteiger partial charge in [0.2, 0.25) is 0 Å². The van der Waals surface area contributed by atoms with Crippen LogP contribution in [0.25, 0.3) is 0 Å². The highest BCUT2D eigenvalue weighted by Crippen LogP contribution is 2.15. The minimum Gasteiger partial charge on any atom is -0.461 e. The van der Waals surface area contributed by atoms with Gasteiger partial charge in [0.1, 0.15) is 6.10 Å². The second kappa shape index (κ2) is 37.6. The third-order valence-corrected chi connectivity index (χ3v) is 9.40. The lowest BCUT2D eigenvalue weighted by Gasteiger charge is -2.19. The Kier molecular flexibility index (Phi) is 36.8. The van der Waals surface area contributed by atoms with Gasteiger partial charge in [0.15, 0.2) is 6.04 Å². The van der Waals surface area contributed by atoms with Crippen LogP contribution in [0.4, 0.5) is 0 Å². The molecule has 296 valence electrons. The Hall–Kier alpha value is -1.13. The smallest absolute Gasteiger partial charge is 0.335 e. The zero-order valence-electron chi connectivity index (χ0n) is 34.2. The summed E-state index contributed by atoms with van der Waals surface area (Å²) in [6.45, 7) is 15.1. The molecule has 0 aromatic rings. The molecular weight excluding hydrogens is 622 g/mol. The number of unbranched alkanes of at least 4 members (excludes halogenated alkanes) is 23. The zero-order chi connectivity index (χ0) is 36.9. The number of carbonyl (C=O) groups excluding carboxylic acids is 1. The van der Waals surface area contributed by atoms with Crippen molar-refractivity contribution < 1.29 is 23.7 Å². The molecule has 0 heterocycles. The van der Waals surface area contributed by atoms with E-state index >= 15 is 0 Å². The Morgan fingerprint density at radius 3 is 1.44 bits per heavy atom. The first-order chi connectivity index (χ1) is 24.3. The molecular formula is C44H85NO5. The van der Waals surface area contributed by atoms with E-state index in [9.17, 15) is 4.79 Å². The predicted molar refractivity (Wildman–Crippen MR) is 214 cm³/mol. The van der Waals surface area contributed by atoms with Gasteiger partial charge in [0.25, 0.3) is 0 Å². The SMILES string of the molecule is C#C[C@H](NC(C)CCCCCCCCCCCCCCCOCC(COC(C)C)OCCCCCCCCCCCCCC)C(=O)OC(C)C. The number of hydrogen-bond acceptors (Lipinski definition) is 6. The second-order valence-corrected chi connectivity index (χ2v) is 15.4. The van der Waals surface area contributed by atoms with Crippen LogP contribution in [0, 0.1) is 12.3 Å². The Morgan fingerprint density at radius 2 is 1.00 bits per heavy atom. The van der Waals surface area contributed by atoms with Crippen LogP contribution in [-0.2, 0) is 23.7 Å². The molecule has 0 radical (unpaired) electrons. The van der Waals surface area contributed by atoms with Crippen molar-refractivity contribution in [3.8, 4) is 12.3 Å². The molecule has 0 aliphatic rings. The molecule has 6 heteroatoms. The van der Waals surface area contributed by atoms with Gasteiger partial charge in [-0.15, -0.1) is 6.42 Å². The van der Waals surface area contributed by atoms with Crippen LogP contribution in [0.5, 0.6) is 0 Å². The topological polar surface area (TPSA) is 66.0 Å². The average molecular weight is 708 g/mol. The maximum atomic E-state index is 12.0. The Bertz CT molecular complexity index is 751. The predicted octanol–water partition coefficient (Wildman–Crippen LogP) is 11.9. The maximum Gasteiger partial charge on any atom is 0.335 e. The fraction of sp³-hybridized carbons (Fsp3) is 0.932. The van der Waals surface area contributed by atoms with Gasteiger partial charge < -0.3 is 18.9 Å². The van der Waals surface area contributed by atoms with Gasteiger partial charge in [-0.05, 0) is 53.9 Å². The molecule has 0 saturated heterocycles. The Balaban J connectivity index is 3.63. The Labute approximate surface area is 312 Å². The number of ether oxygens (including phenoxy) is 4. The van der Waals surface area contributed by atoms with Crippen molar-refractivity contribution in [2.45, 2.75) is 239 Å². The maximum absolute atomic E-state index is 12.0. The summed E-state index contributed by atoms with van der Waals surface area (Å²) in [5.74, 6) is 2.17. The van der Waals surface area contributed by atoms with Crippen LogP contribution < -0.4 is 5.32 Å². The standard InChI is InChI=1S/C44H85NO5/c1-8-10-11-12-13-14-15-21-24-27-30-33-36-48-42(38-49-39(3)4)37-47-35-32-29-26-23-20-18-16-17-19-22-25-28-31-34-41(7)45-43(9-2)44(46)50-40(5)6/h2,39-43,45H,8,10-38H2,1,3-7H3/t41?,42?,43-/m0/s1. The van der Waals surface area contributed by atoms with E-state index in [1.165, 1.54) is 141 Å². The monoisotopic (exact) mass is 708 g/mol. The van der Waals surface area contributed by atoms with E-state index in [1.807, 2.05) is 13.8 Å². The van der Waals surface area contributed by atoms with Crippen molar-refractivity contribution in [2.24, 2.45) is 0 Å². The summed E-state index contributed by atoms with van der Waals surface area (Å²) >= 11 is 0. The van der Waals surface area contributed by atoms with Gasteiger partial charge in [-0.25, -0.2) is 4.79 Å². The van der Waals surface area contributed by atoms with Crippen molar-refractivity contribution in [3.63, 3.8) is 0 Å². The summed E-state index contributed by atoms with van der Waals surface area (Å²) in [6.07, 6.45) is 39.9. The summed E-state index contributed by atoms with van der Waals surface area (Å²) in [5, 5.41) is 3.23. The van der Waals surface area contributed by atoms with Gasteiger partial charge in [0, 0.05) is 19.3 Å². The van der Waals surface area contributed by atoms with E-state index in [4.69, 9.17) is 25.4 Å². The van der Waals surface area contributed by atoms with Crippen LogP contribution in [0.1, 0.15) is 208 Å². The van der Waals surface area contributed by atoms with E-state index in [-0.39, 0.29) is 30.3 Å². The van der Waals surface area contributed by atoms with Crippen LogP contribution in [0.2, 0.25) is 0 Å². The van der Waals surface area contributed by atoms with Gasteiger partial charge in [-0.3, -0.25) is 5.32 Å². The molecule has 0 rings (SSSR count). The lowest BCUT2D eigenvalue weighted by molar-refractivity contribution is -0.148. The van der Waals surface area contributed by atoms with Gasteiger partial charge >= 0.3 is 5.97 Å². The molecule has 0 amide bonds. The van der Waals surface area contributed by atoms with Gasteiger partial charge in [0.05, 0.1) is 25.4 Å². The molecule has 0 spiro atoms. The first kappa shape index (κ1) is 48.9. The number of hydrogen-bond donors (Lipinski definition) is 1. The van der Waals surface area contributed by atoms with E-state index in [2.05, 4.69) is 38.9 Å². The minimum absolute atomic E-state index is 0.0479. The molecule has 6 nitrogen and oxygen atoms in total. The lowest BCUT2D eigenvalue weighted by atomic mass is 10.0. The molecule has 2 unspecified atom stereocenters. The summed E-state index contributed by atoms with van der Waals surface area (Å²) in [7, 11) is 0. The number of esters is 1. The number of terminal acetylenes is 1. The third kappa shape index (κ3) is 35.3. The summed E-state index contributed by atoms with van der Waals surface area (Å²) in [6, 6.07) is -0.442. The molecule has 3 atom stereocenters. The highest BCUT2D eigenvalue weighted by Gasteiger charge is 2.20. The summed E-state index contributed by atoms with van der Waals surface area (Å²) < 4.78 is 23.3. The van der Waals surface area contributed by atoms with E-state index in [1.54, 1.807) is 0 Å². The average Bonchev–Trinajstić information content (AvgIpc) is 3.08. The number of rotatable bonds is 39. The first-order valence-electron chi connectivity index (χ1n) is 21.5. The van der Waals surface area contributed by atoms with Crippen LogP contribution in [-0.4, -0.2) is 62.8 Å². The van der Waals surface area contributed by atoms with Crippen molar-refractivity contribution in [1.82, 2.24) is 5.32 Å². The van der Waals surface area contributed by atoms with Gasteiger partial charge in [-0.1, -0.05) is 161 Å². The molecule has 0 aliphatic heterocycles. The summed E-state index contributed by atoms with van der Waals surface area (Å²) in [4.78, 5) is 12.0. The number of nitrogens with one attached hydrogen (secondary N) is 1. The summed E-state index contributed by atoms with van der Waals surface area (Å²) in [5.41, 5.74) is 0. The van der Waals surface area contributed by atoms with Crippen molar-refractivity contribution in [1.29, 1.82) is 0 Å². The molecule has 0 aromatic carbocycles. The quantitative estimate of drug-likeness (QED) is 0.0390. The zero-order valence-corrected chi connectivity index (χ0v) is 34.2. The van der Waals surface area contributed by atoms with Crippen molar-refractivity contribution in [3.05, 3.63) is 0 Å². The fourth-order valence-corrected chi connectivity index (χ4v) is 6.30.